The molecule has 0 radical (unpaired) electrons. The summed E-state index contributed by atoms with van der Waals surface area (Å²) in [5.41, 5.74) is 6.29. The molecule has 0 bridgehead atoms. The van der Waals surface area contributed by atoms with Crippen molar-refractivity contribution in [1.82, 2.24) is 9.38 Å². The lowest BCUT2D eigenvalue weighted by atomic mass is 9.92. The van der Waals surface area contributed by atoms with Gasteiger partial charge in [-0.15, -0.1) is 11.3 Å². The molecule has 0 aliphatic carbocycles. The molecule has 0 saturated carbocycles. The predicted molar refractivity (Wildman–Crippen MR) is 125 cm³/mol. The van der Waals surface area contributed by atoms with Gasteiger partial charge in [0.25, 0.3) is 0 Å². The molecule has 0 atom stereocenters. The van der Waals surface area contributed by atoms with Crippen LogP contribution in [0.2, 0.25) is 0 Å². The Balaban J connectivity index is 1.60. The molecule has 4 nitrogen and oxygen atoms in total. The van der Waals surface area contributed by atoms with Crippen molar-refractivity contribution in [3.8, 4) is 11.3 Å². The van der Waals surface area contributed by atoms with Crippen molar-refractivity contribution in [1.29, 1.82) is 0 Å². The first-order valence-electron chi connectivity index (χ1n) is 10.4. The third kappa shape index (κ3) is 4.03. The van der Waals surface area contributed by atoms with Gasteiger partial charge in [-0.2, -0.15) is 0 Å². The van der Waals surface area contributed by atoms with E-state index in [0.717, 1.165) is 27.6 Å². The second-order valence-electron chi connectivity index (χ2n) is 8.22. The number of para-hydroxylation sites is 1. The number of aromatic nitrogens is 2. The number of anilines is 1. The number of hydrogen-bond acceptors (Lipinski definition) is 3. The van der Waals surface area contributed by atoms with Crippen molar-refractivity contribution in [3.63, 3.8) is 0 Å². The average molecular weight is 418 g/mol. The van der Waals surface area contributed by atoms with Crippen molar-refractivity contribution < 1.29 is 4.79 Å². The Morgan fingerprint density at radius 2 is 1.67 bits per heavy atom. The lowest BCUT2D eigenvalue weighted by Gasteiger charge is -2.20. The highest BCUT2D eigenvalue weighted by Crippen LogP contribution is 2.32. The maximum atomic E-state index is 13.0. The summed E-state index contributed by atoms with van der Waals surface area (Å²) < 4.78 is 2.03. The highest BCUT2D eigenvalue weighted by Gasteiger charge is 2.18. The van der Waals surface area contributed by atoms with Gasteiger partial charge in [-0.25, -0.2) is 4.98 Å². The average Bonchev–Trinajstić information content (AvgIpc) is 3.30. The summed E-state index contributed by atoms with van der Waals surface area (Å²) in [6.07, 6.45) is 2.33. The van der Waals surface area contributed by atoms with Crippen molar-refractivity contribution in [2.75, 3.05) is 5.32 Å². The fourth-order valence-corrected chi connectivity index (χ4v) is 4.62. The van der Waals surface area contributed by atoms with Gasteiger partial charge in [0.2, 0.25) is 5.91 Å². The number of nitrogens with one attached hydrogen (secondary N) is 1. The van der Waals surface area contributed by atoms with Gasteiger partial charge in [-0.3, -0.25) is 9.20 Å². The Morgan fingerprint density at radius 1 is 1.00 bits per heavy atom. The molecule has 1 N–H and O–H groups in total. The number of carbonyl (C=O) groups is 1. The monoisotopic (exact) mass is 417 g/mol. The molecule has 0 fully saturated rings. The summed E-state index contributed by atoms with van der Waals surface area (Å²) in [5.74, 6) is 0.683. The summed E-state index contributed by atoms with van der Waals surface area (Å²) in [4.78, 5) is 18.6. The van der Waals surface area contributed by atoms with Gasteiger partial charge in [-0.05, 0) is 23.0 Å². The Hall–Kier alpha value is -2.92. The molecular weight excluding hydrogens is 390 g/mol. The third-order valence-electron chi connectivity index (χ3n) is 5.33. The van der Waals surface area contributed by atoms with E-state index in [9.17, 15) is 4.79 Å². The first-order chi connectivity index (χ1) is 14.4. The summed E-state index contributed by atoms with van der Waals surface area (Å²) in [7, 11) is 0. The maximum Gasteiger partial charge on any atom is 0.230 e. The van der Waals surface area contributed by atoms with E-state index in [2.05, 4.69) is 63.3 Å². The summed E-state index contributed by atoms with van der Waals surface area (Å²) >= 11 is 1.57. The number of amides is 1. The Morgan fingerprint density at radius 3 is 2.30 bits per heavy atom. The number of rotatable bonds is 6. The van der Waals surface area contributed by atoms with Gasteiger partial charge in [0.15, 0.2) is 4.96 Å². The van der Waals surface area contributed by atoms with Crippen LogP contribution in [0.25, 0.3) is 16.2 Å². The van der Waals surface area contributed by atoms with Crippen LogP contribution in [-0.2, 0) is 11.2 Å². The molecule has 5 heteroatoms. The van der Waals surface area contributed by atoms with Crippen LogP contribution in [0.4, 0.5) is 5.69 Å². The maximum absolute atomic E-state index is 13.0. The molecule has 0 saturated heterocycles. The van der Waals surface area contributed by atoms with Crippen molar-refractivity contribution in [2.24, 2.45) is 0 Å². The minimum atomic E-state index is -0.000314. The summed E-state index contributed by atoms with van der Waals surface area (Å²) in [6, 6.07) is 16.4. The molecule has 0 aliphatic rings. The lowest BCUT2D eigenvalue weighted by Crippen LogP contribution is -2.18. The second kappa shape index (κ2) is 8.44. The zero-order chi connectivity index (χ0) is 21.3. The molecule has 2 aromatic heterocycles. The largest absolute Gasteiger partial charge is 0.325 e. The molecule has 2 heterocycles. The first-order valence-corrected chi connectivity index (χ1v) is 11.3. The van der Waals surface area contributed by atoms with Crippen LogP contribution < -0.4 is 5.32 Å². The molecular formula is C25H27N3OS. The first kappa shape index (κ1) is 20.4. The van der Waals surface area contributed by atoms with Gasteiger partial charge < -0.3 is 5.32 Å². The van der Waals surface area contributed by atoms with Crippen LogP contribution in [0.15, 0.2) is 60.1 Å². The van der Waals surface area contributed by atoms with E-state index in [4.69, 9.17) is 4.98 Å². The minimum absolute atomic E-state index is 0.000314. The summed E-state index contributed by atoms with van der Waals surface area (Å²) in [6.45, 7) is 8.64. The highest BCUT2D eigenvalue weighted by atomic mass is 32.1. The van der Waals surface area contributed by atoms with Crippen molar-refractivity contribution >= 4 is 27.9 Å². The molecule has 1 amide bonds. The number of nitrogens with zero attached hydrogens (tertiary/aromatic N) is 2. The fraction of sp³-hybridized carbons (Fsp3) is 0.280. The topological polar surface area (TPSA) is 46.4 Å². The number of imidazole rings is 1. The van der Waals surface area contributed by atoms with Crippen LogP contribution in [0, 0.1) is 0 Å². The summed E-state index contributed by atoms with van der Waals surface area (Å²) in [5, 5.41) is 5.24. The third-order valence-corrected chi connectivity index (χ3v) is 6.22. The molecule has 154 valence electrons. The van der Waals surface area contributed by atoms with E-state index >= 15 is 0 Å². The van der Waals surface area contributed by atoms with E-state index in [1.165, 1.54) is 11.1 Å². The zero-order valence-electron chi connectivity index (χ0n) is 17.8. The number of carbonyl (C=O) groups excluding carboxylic acids is 1. The molecule has 2 aromatic carbocycles. The number of benzene rings is 2. The normalized spacial score (nSPS) is 11.5. The quantitative estimate of drug-likeness (QED) is 0.390. The van der Waals surface area contributed by atoms with Gasteiger partial charge in [0.05, 0.1) is 12.1 Å². The Kier molecular flexibility index (Phi) is 5.73. The van der Waals surface area contributed by atoms with Crippen molar-refractivity contribution in [3.05, 3.63) is 76.9 Å². The Labute approximate surface area is 181 Å². The van der Waals surface area contributed by atoms with E-state index < -0.39 is 0 Å². The van der Waals surface area contributed by atoms with E-state index in [1.807, 2.05) is 34.2 Å². The highest BCUT2D eigenvalue weighted by molar-refractivity contribution is 7.15. The van der Waals surface area contributed by atoms with Gasteiger partial charge in [-0.1, -0.05) is 76.2 Å². The standard InChI is InChI=1S/C25H27N3OS/c1-16(2)20-11-8-12-21(17(3)4)24(20)27-23(29)13-19-15-30-25-26-22(14-28(19)25)18-9-6-5-7-10-18/h5-12,14-17H,13H2,1-4H3,(H,27,29). The van der Waals surface area contributed by atoms with Crippen LogP contribution in [-0.4, -0.2) is 15.3 Å². The molecule has 0 unspecified atom stereocenters. The molecule has 4 rings (SSSR count). The van der Waals surface area contributed by atoms with Crippen LogP contribution in [0.5, 0.6) is 0 Å². The van der Waals surface area contributed by atoms with E-state index in [0.29, 0.717) is 18.3 Å². The fourth-order valence-electron chi connectivity index (χ4n) is 3.75. The number of hydrogen-bond donors (Lipinski definition) is 1. The minimum Gasteiger partial charge on any atom is -0.325 e. The Bertz CT molecular complexity index is 1150. The molecule has 0 aliphatic heterocycles. The lowest BCUT2D eigenvalue weighted by molar-refractivity contribution is -0.115. The van der Waals surface area contributed by atoms with E-state index in [-0.39, 0.29) is 5.91 Å². The van der Waals surface area contributed by atoms with Gasteiger partial charge in [0.1, 0.15) is 0 Å². The predicted octanol–water partition coefficient (Wildman–Crippen LogP) is 6.49. The SMILES string of the molecule is CC(C)c1cccc(C(C)C)c1NC(=O)Cc1csc2nc(-c3ccccc3)cn12. The van der Waals surface area contributed by atoms with Crippen LogP contribution >= 0.6 is 11.3 Å². The zero-order valence-corrected chi connectivity index (χ0v) is 18.7. The molecule has 30 heavy (non-hydrogen) atoms. The van der Waals surface area contributed by atoms with Crippen LogP contribution in [0.3, 0.4) is 0 Å². The van der Waals surface area contributed by atoms with Crippen LogP contribution in [0.1, 0.15) is 56.4 Å². The van der Waals surface area contributed by atoms with Gasteiger partial charge in [0, 0.05) is 28.5 Å². The van der Waals surface area contributed by atoms with Crippen molar-refractivity contribution in [2.45, 2.75) is 46.0 Å². The number of fused-ring (bicyclic) bond motifs is 1. The second-order valence-corrected chi connectivity index (χ2v) is 9.05. The van der Waals surface area contributed by atoms with E-state index in [1.54, 1.807) is 11.3 Å². The molecule has 0 spiro atoms. The molecule has 4 aromatic rings. The smallest absolute Gasteiger partial charge is 0.230 e. The number of thiazole rings is 1. The van der Waals surface area contributed by atoms with Gasteiger partial charge >= 0.3 is 0 Å².